The predicted molar refractivity (Wildman–Crippen MR) is 102 cm³/mol. The van der Waals surface area contributed by atoms with Crippen LogP contribution in [0.4, 0.5) is 0 Å². The van der Waals surface area contributed by atoms with Crippen LogP contribution in [0, 0.1) is 20.8 Å². The first-order valence-corrected chi connectivity index (χ1v) is 9.92. The second-order valence-corrected chi connectivity index (χ2v) is 8.24. The van der Waals surface area contributed by atoms with Crippen molar-refractivity contribution in [2.45, 2.75) is 32.2 Å². The molecule has 0 spiro atoms. The van der Waals surface area contributed by atoms with E-state index in [1.54, 1.807) is 44.2 Å². The molecule has 0 fully saturated rings. The van der Waals surface area contributed by atoms with Gasteiger partial charge in [-0.2, -0.15) is 0 Å². The summed E-state index contributed by atoms with van der Waals surface area (Å²) in [6, 6.07) is 12.4. The molecule has 0 aliphatic rings. The highest BCUT2D eigenvalue weighted by Gasteiger charge is 2.20. The zero-order valence-corrected chi connectivity index (χ0v) is 16.3. The Labute approximate surface area is 158 Å². The van der Waals surface area contributed by atoms with Gasteiger partial charge in [0, 0.05) is 17.1 Å². The molecule has 0 aliphatic carbocycles. The molecular formula is C19H19ClN2O3S. The van der Waals surface area contributed by atoms with Gasteiger partial charge in [-0.15, -0.1) is 0 Å². The quantitative estimate of drug-likeness (QED) is 0.700. The number of halogens is 1. The lowest BCUT2D eigenvalue weighted by molar-refractivity contribution is 0.393. The van der Waals surface area contributed by atoms with Gasteiger partial charge >= 0.3 is 0 Å². The van der Waals surface area contributed by atoms with Gasteiger partial charge < -0.3 is 4.52 Å². The first-order valence-electron chi connectivity index (χ1n) is 8.06. The minimum absolute atomic E-state index is 0.122. The number of benzene rings is 2. The normalized spacial score (nSPS) is 11.7. The van der Waals surface area contributed by atoms with Gasteiger partial charge in [0.05, 0.1) is 10.6 Å². The lowest BCUT2D eigenvalue weighted by Gasteiger charge is -2.12. The Morgan fingerprint density at radius 2 is 1.85 bits per heavy atom. The van der Waals surface area contributed by atoms with Crippen LogP contribution in [0.1, 0.15) is 22.6 Å². The van der Waals surface area contributed by atoms with E-state index in [2.05, 4.69) is 9.88 Å². The SMILES string of the molecule is Cc1ccc(-c2c(C)noc2C)cc1S(=O)(=O)NCc1ccccc1Cl. The monoisotopic (exact) mass is 390 g/mol. The molecule has 136 valence electrons. The van der Waals surface area contributed by atoms with Crippen LogP contribution >= 0.6 is 11.6 Å². The van der Waals surface area contributed by atoms with Crippen LogP contribution < -0.4 is 4.72 Å². The van der Waals surface area contributed by atoms with Gasteiger partial charge in [-0.1, -0.05) is 47.1 Å². The highest BCUT2D eigenvalue weighted by Crippen LogP contribution is 2.30. The number of nitrogens with one attached hydrogen (secondary N) is 1. The summed E-state index contributed by atoms with van der Waals surface area (Å²) in [6.07, 6.45) is 0. The van der Waals surface area contributed by atoms with Crippen molar-refractivity contribution in [1.29, 1.82) is 0 Å². The molecule has 1 aromatic heterocycles. The minimum Gasteiger partial charge on any atom is -0.361 e. The molecule has 3 rings (SSSR count). The maximum atomic E-state index is 12.8. The fraction of sp³-hybridized carbons (Fsp3) is 0.211. The maximum absolute atomic E-state index is 12.8. The number of sulfonamides is 1. The van der Waals surface area contributed by atoms with Crippen LogP contribution in [-0.4, -0.2) is 13.6 Å². The first kappa shape index (κ1) is 18.6. The largest absolute Gasteiger partial charge is 0.361 e. The summed E-state index contributed by atoms with van der Waals surface area (Å²) in [5, 5.41) is 4.46. The topological polar surface area (TPSA) is 72.2 Å². The number of nitrogens with zero attached hydrogens (tertiary/aromatic N) is 1. The molecule has 5 nitrogen and oxygen atoms in total. The lowest BCUT2D eigenvalue weighted by atomic mass is 10.0. The van der Waals surface area contributed by atoms with Crippen LogP contribution in [0.3, 0.4) is 0 Å². The second kappa shape index (κ2) is 7.23. The van der Waals surface area contributed by atoms with Gasteiger partial charge in [0.25, 0.3) is 0 Å². The summed E-state index contributed by atoms with van der Waals surface area (Å²) in [7, 11) is -3.70. The Bertz CT molecular complexity index is 1040. The number of hydrogen-bond acceptors (Lipinski definition) is 4. The molecule has 0 radical (unpaired) electrons. The van der Waals surface area contributed by atoms with Crippen molar-refractivity contribution in [3.8, 4) is 11.1 Å². The summed E-state index contributed by atoms with van der Waals surface area (Å²) < 4.78 is 33.5. The Balaban J connectivity index is 1.95. The smallest absolute Gasteiger partial charge is 0.241 e. The van der Waals surface area contributed by atoms with Crippen molar-refractivity contribution >= 4 is 21.6 Å². The van der Waals surface area contributed by atoms with Gasteiger partial charge in [0.2, 0.25) is 10.0 Å². The summed E-state index contributed by atoms with van der Waals surface area (Å²) in [4.78, 5) is 0.224. The van der Waals surface area contributed by atoms with Gasteiger partial charge in [0.1, 0.15) is 5.76 Å². The Morgan fingerprint density at radius 1 is 1.12 bits per heavy atom. The number of hydrogen-bond donors (Lipinski definition) is 1. The van der Waals surface area contributed by atoms with E-state index in [9.17, 15) is 8.42 Å². The third-order valence-corrected chi connectivity index (χ3v) is 6.12. The van der Waals surface area contributed by atoms with Crippen LogP contribution in [0.2, 0.25) is 5.02 Å². The Morgan fingerprint density at radius 3 is 2.50 bits per heavy atom. The first-order chi connectivity index (χ1) is 12.3. The summed E-state index contributed by atoms with van der Waals surface area (Å²) in [5.41, 5.74) is 3.67. The Hall–Kier alpha value is -2.15. The minimum atomic E-state index is -3.70. The molecular weight excluding hydrogens is 372 g/mol. The molecule has 0 aliphatic heterocycles. The van der Waals surface area contributed by atoms with E-state index in [4.69, 9.17) is 16.1 Å². The summed E-state index contributed by atoms with van der Waals surface area (Å²) in [5.74, 6) is 0.652. The molecule has 3 aromatic rings. The van der Waals surface area contributed by atoms with E-state index in [0.717, 1.165) is 22.4 Å². The Kier molecular flexibility index (Phi) is 5.18. The standard InChI is InChI=1S/C19H19ClN2O3S/c1-12-8-9-15(19-13(2)22-25-14(19)3)10-18(12)26(23,24)21-11-16-6-4-5-7-17(16)20/h4-10,21H,11H2,1-3H3. The van der Waals surface area contributed by atoms with Gasteiger partial charge in [-0.25, -0.2) is 13.1 Å². The van der Waals surface area contributed by atoms with Crippen LogP contribution in [0.15, 0.2) is 51.9 Å². The van der Waals surface area contributed by atoms with E-state index < -0.39 is 10.0 Å². The highest BCUT2D eigenvalue weighted by molar-refractivity contribution is 7.89. The van der Waals surface area contributed by atoms with Crippen molar-refractivity contribution in [2.75, 3.05) is 0 Å². The molecule has 26 heavy (non-hydrogen) atoms. The van der Waals surface area contributed by atoms with E-state index in [1.165, 1.54) is 0 Å². The average Bonchev–Trinajstić information content (AvgIpc) is 2.93. The lowest BCUT2D eigenvalue weighted by Crippen LogP contribution is -2.24. The molecule has 1 N–H and O–H groups in total. The van der Waals surface area contributed by atoms with Crippen molar-refractivity contribution in [2.24, 2.45) is 0 Å². The average molecular weight is 391 g/mol. The molecule has 0 bridgehead atoms. The van der Waals surface area contributed by atoms with Gasteiger partial charge in [-0.05, 0) is 49.6 Å². The molecule has 0 amide bonds. The molecule has 1 heterocycles. The van der Waals surface area contributed by atoms with E-state index in [0.29, 0.717) is 16.3 Å². The summed E-state index contributed by atoms with van der Waals surface area (Å²) in [6.45, 7) is 5.52. The molecule has 0 atom stereocenters. The van der Waals surface area contributed by atoms with E-state index >= 15 is 0 Å². The van der Waals surface area contributed by atoms with Gasteiger partial charge in [0.15, 0.2) is 0 Å². The van der Waals surface area contributed by atoms with Crippen molar-refractivity contribution in [3.63, 3.8) is 0 Å². The van der Waals surface area contributed by atoms with E-state index in [-0.39, 0.29) is 11.4 Å². The van der Waals surface area contributed by atoms with Crippen LogP contribution in [0.25, 0.3) is 11.1 Å². The predicted octanol–water partition coefficient (Wildman–Crippen LogP) is 4.40. The van der Waals surface area contributed by atoms with Crippen molar-refractivity contribution in [1.82, 2.24) is 9.88 Å². The molecule has 7 heteroatoms. The van der Waals surface area contributed by atoms with E-state index in [1.807, 2.05) is 19.1 Å². The van der Waals surface area contributed by atoms with Gasteiger partial charge in [-0.3, -0.25) is 0 Å². The van der Waals surface area contributed by atoms with Crippen LogP contribution in [-0.2, 0) is 16.6 Å². The molecule has 0 saturated heterocycles. The zero-order valence-electron chi connectivity index (χ0n) is 14.7. The molecule has 2 aromatic carbocycles. The number of aromatic nitrogens is 1. The maximum Gasteiger partial charge on any atom is 0.241 e. The second-order valence-electron chi connectivity index (χ2n) is 6.10. The van der Waals surface area contributed by atoms with Crippen molar-refractivity contribution < 1.29 is 12.9 Å². The fourth-order valence-corrected chi connectivity index (χ4v) is 4.31. The molecule has 0 saturated carbocycles. The summed E-state index contributed by atoms with van der Waals surface area (Å²) >= 11 is 6.11. The molecule has 0 unspecified atom stereocenters. The third-order valence-electron chi connectivity index (χ3n) is 4.21. The highest BCUT2D eigenvalue weighted by atomic mass is 35.5. The number of aryl methyl sites for hydroxylation is 3. The number of rotatable bonds is 5. The van der Waals surface area contributed by atoms with Crippen LogP contribution in [0.5, 0.6) is 0 Å². The zero-order chi connectivity index (χ0) is 18.9. The van der Waals surface area contributed by atoms with Crippen molar-refractivity contribution in [3.05, 3.63) is 70.1 Å². The third kappa shape index (κ3) is 3.67. The fourth-order valence-electron chi connectivity index (χ4n) is 2.83.